The van der Waals surface area contributed by atoms with E-state index in [1.807, 2.05) is 24.3 Å². The summed E-state index contributed by atoms with van der Waals surface area (Å²) in [7, 11) is 0. The minimum atomic E-state index is -0.385. The van der Waals surface area contributed by atoms with Crippen molar-refractivity contribution in [2.75, 3.05) is 0 Å². The Kier molecular flexibility index (Phi) is 6.91. The van der Waals surface area contributed by atoms with Gasteiger partial charge in [-0.1, -0.05) is 42.5 Å². The molecule has 1 heterocycles. The van der Waals surface area contributed by atoms with Crippen LogP contribution >= 0.6 is 45.2 Å². The highest BCUT2D eigenvalue weighted by Gasteiger charge is 2.11. The van der Waals surface area contributed by atoms with Crippen molar-refractivity contribution in [3.63, 3.8) is 0 Å². The maximum atomic E-state index is 12.0. The summed E-state index contributed by atoms with van der Waals surface area (Å²) in [5.74, 6) is 1.36. The molecule has 0 aliphatic heterocycles. The first-order valence-corrected chi connectivity index (χ1v) is 11.7. The summed E-state index contributed by atoms with van der Waals surface area (Å²) in [5.41, 5.74) is 4.49. The monoisotopic (exact) mass is 636 g/mol. The lowest BCUT2D eigenvalue weighted by Crippen LogP contribution is -2.16. The van der Waals surface area contributed by atoms with Crippen LogP contribution in [0.25, 0.3) is 10.8 Å². The third-order valence-electron chi connectivity index (χ3n) is 4.62. The van der Waals surface area contributed by atoms with Crippen LogP contribution in [0.15, 0.2) is 76.2 Å². The van der Waals surface area contributed by atoms with Crippen molar-refractivity contribution in [1.82, 2.24) is 5.43 Å². The van der Waals surface area contributed by atoms with Crippen molar-refractivity contribution in [1.29, 1.82) is 0 Å². The van der Waals surface area contributed by atoms with Crippen LogP contribution in [0, 0.1) is 14.1 Å². The quantitative estimate of drug-likeness (QED) is 0.154. The summed E-state index contributed by atoms with van der Waals surface area (Å²) in [6.45, 7) is 2.27. The van der Waals surface area contributed by atoms with Crippen molar-refractivity contribution in [3.8, 4) is 5.75 Å². The van der Waals surface area contributed by atoms with E-state index in [0.29, 0.717) is 12.4 Å². The number of aryl methyl sites for hydroxylation is 1. The van der Waals surface area contributed by atoms with Gasteiger partial charge in [0.2, 0.25) is 0 Å². The lowest BCUT2D eigenvalue weighted by Gasteiger charge is -2.13. The first-order valence-electron chi connectivity index (χ1n) is 9.49. The number of nitrogens with one attached hydrogen (secondary N) is 1. The molecule has 0 fully saturated rings. The number of fused-ring (bicyclic) bond motifs is 1. The maximum Gasteiger partial charge on any atom is 0.307 e. The van der Waals surface area contributed by atoms with Crippen LogP contribution in [0.4, 0.5) is 0 Å². The number of ether oxygens (including phenoxy) is 1. The van der Waals surface area contributed by atoms with Crippen LogP contribution in [0.5, 0.6) is 5.75 Å². The zero-order chi connectivity index (χ0) is 21.8. The molecule has 0 unspecified atom stereocenters. The van der Waals surface area contributed by atoms with Gasteiger partial charge < -0.3 is 9.15 Å². The van der Waals surface area contributed by atoms with Gasteiger partial charge in [-0.3, -0.25) is 4.79 Å². The molecule has 0 aliphatic carbocycles. The molecule has 0 saturated carbocycles. The lowest BCUT2D eigenvalue weighted by molar-refractivity contribution is 0.0926. The number of halogens is 2. The standard InChI is InChI=1S/C24H18I2N2O3/c1-15-9-10-22(31-15)24(29)28-27-13-16-11-20(25)23(21(26)12-16)30-14-18-7-4-6-17-5-2-3-8-19(17)18/h2-13H,14H2,1H3,(H,28,29)/b27-13+. The molecule has 1 aromatic heterocycles. The Labute approximate surface area is 207 Å². The molecule has 0 spiro atoms. The summed E-state index contributed by atoms with van der Waals surface area (Å²) in [4.78, 5) is 12.0. The van der Waals surface area contributed by atoms with Gasteiger partial charge in [-0.25, -0.2) is 5.43 Å². The van der Waals surface area contributed by atoms with Gasteiger partial charge in [-0.2, -0.15) is 5.10 Å². The van der Waals surface area contributed by atoms with Crippen LogP contribution in [0.1, 0.15) is 27.4 Å². The number of benzene rings is 3. The number of nitrogens with zero attached hydrogens (tertiary/aromatic N) is 1. The van der Waals surface area contributed by atoms with Gasteiger partial charge in [0.05, 0.1) is 13.4 Å². The van der Waals surface area contributed by atoms with E-state index in [-0.39, 0.29) is 11.7 Å². The molecule has 0 atom stereocenters. The molecule has 0 aliphatic rings. The minimum absolute atomic E-state index is 0.232. The summed E-state index contributed by atoms with van der Waals surface area (Å²) in [6.07, 6.45) is 1.60. The molecule has 0 saturated heterocycles. The minimum Gasteiger partial charge on any atom is -0.487 e. The van der Waals surface area contributed by atoms with Gasteiger partial charge in [0, 0.05) is 0 Å². The molecule has 7 heteroatoms. The van der Waals surface area contributed by atoms with Gasteiger partial charge in [0.25, 0.3) is 0 Å². The average Bonchev–Trinajstić information content (AvgIpc) is 3.19. The highest BCUT2D eigenvalue weighted by molar-refractivity contribution is 14.1. The molecular formula is C24H18I2N2O3. The molecule has 0 radical (unpaired) electrons. The summed E-state index contributed by atoms with van der Waals surface area (Å²) >= 11 is 4.51. The van der Waals surface area contributed by atoms with Crippen LogP contribution < -0.4 is 10.2 Å². The zero-order valence-corrected chi connectivity index (χ0v) is 20.9. The third-order valence-corrected chi connectivity index (χ3v) is 6.22. The van der Waals surface area contributed by atoms with Gasteiger partial charge in [-0.15, -0.1) is 0 Å². The van der Waals surface area contributed by atoms with Gasteiger partial charge in [0.1, 0.15) is 18.1 Å². The Morgan fingerprint density at radius 2 is 1.81 bits per heavy atom. The second-order valence-electron chi connectivity index (χ2n) is 6.85. The second-order valence-corrected chi connectivity index (χ2v) is 9.17. The average molecular weight is 636 g/mol. The van der Waals surface area contributed by atoms with E-state index in [4.69, 9.17) is 9.15 Å². The van der Waals surface area contributed by atoms with Crippen molar-refractivity contribution in [3.05, 3.63) is 96.5 Å². The van der Waals surface area contributed by atoms with Crippen LogP contribution in [-0.4, -0.2) is 12.1 Å². The molecule has 4 rings (SSSR count). The van der Waals surface area contributed by atoms with Crippen molar-refractivity contribution < 1.29 is 13.9 Å². The van der Waals surface area contributed by atoms with Crippen LogP contribution in [0.2, 0.25) is 0 Å². The number of carbonyl (C=O) groups excluding carboxylic acids is 1. The van der Waals surface area contributed by atoms with E-state index in [9.17, 15) is 4.79 Å². The number of amides is 1. The van der Waals surface area contributed by atoms with E-state index in [0.717, 1.165) is 24.0 Å². The van der Waals surface area contributed by atoms with Crippen molar-refractivity contribution in [2.24, 2.45) is 5.10 Å². The Bertz CT molecular complexity index is 1250. The first-order chi connectivity index (χ1) is 15.0. The fourth-order valence-corrected chi connectivity index (χ4v) is 5.26. The number of carbonyl (C=O) groups is 1. The largest absolute Gasteiger partial charge is 0.487 e. The van der Waals surface area contributed by atoms with Crippen molar-refractivity contribution in [2.45, 2.75) is 13.5 Å². The SMILES string of the molecule is Cc1ccc(C(=O)N/N=C/c2cc(I)c(OCc3cccc4ccccc34)c(I)c2)o1. The van der Waals surface area contributed by atoms with Crippen LogP contribution in [-0.2, 0) is 6.61 Å². The predicted octanol–water partition coefficient (Wildman–Crippen LogP) is 6.29. The Balaban J connectivity index is 1.45. The maximum absolute atomic E-state index is 12.0. The number of hydrazone groups is 1. The summed E-state index contributed by atoms with van der Waals surface area (Å²) < 4.78 is 13.4. The van der Waals surface area contributed by atoms with Gasteiger partial charge >= 0.3 is 5.91 Å². The summed E-state index contributed by atoms with van der Waals surface area (Å²) in [5, 5.41) is 6.43. The normalized spacial score (nSPS) is 11.2. The Morgan fingerprint density at radius 3 is 2.55 bits per heavy atom. The topological polar surface area (TPSA) is 63.8 Å². The highest BCUT2D eigenvalue weighted by Crippen LogP contribution is 2.30. The molecule has 156 valence electrons. The van der Waals surface area contributed by atoms with Gasteiger partial charge in [-0.05, 0) is 98.3 Å². The first kappa shape index (κ1) is 21.8. The number of hydrogen-bond donors (Lipinski definition) is 1. The molecule has 31 heavy (non-hydrogen) atoms. The molecule has 5 nitrogen and oxygen atoms in total. The third kappa shape index (κ3) is 5.27. The van der Waals surface area contributed by atoms with Gasteiger partial charge in [0.15, 0.2) is 5.76 Å². The van der Waals surface area contributed by atoms with E-state index < -0.39 is 0 Å². The van der Waals surface area contributed by atoms with E-state index in [1.165, 1.54) is 10.8 Å². The van der Waals surface area contributed by atoms with E-state index in [2.05, 4.69) is 86.0 Å². The van der Waals surface area contributed by atoms with E-state index in [1.54, 1.807) is 25.3 Å². The molecule has 4 aromatic rings. The zero-order valence-electron chi connectivity index (χ0n) is 16.6. The molecular weight excluding hydrogens is 618 g/mol. The predicted molar refractivity (Wildman–Crippen MR) is 139 cm³/mol. The molecule has 3 aromatic carbocycles. The Morgan fingerprint density at radius 1 is 1.06 bits per heavy atom. The number of furan rings is 1. The van der Waals surface area contributed by atoms with Crippen LogP contribution in [0.3, 0.4) is 0 Å². The molecule has 0 bridgehead atoms. The van der Waals surface area contributed by atoms with Crippen molar-refractivity contribution >= 4 is 68.1 Å². The summed E-state index contributed by atoms with van der Waals surface area (Å²) in [6, 6.07) is 21.8. The number of rotatable bonds is 6. The second kappa shape index (κ2) is 9.82. The smallest absolute Gasteiger partial charge is 0.307 e. The fraction of sp³-hybridized carbons (Fsp3) is 0.0833. The molecule has 1 N–H and O–H groups in total. The fourth-order valence-electron chi connectivity index (χ4n) is 3.14. The molecule has 1 amide bonds. The van der Waals surface area contributed by atoms with E-state index >= 15 is 0 Å². The Hall–Kier alpha value is -2.40. The number of hydrogen-bond acceptors (Lipinski definition) is 4. The lowest BCUT2D eigenvalue weighted by atomic mass is 10.1. The highest BCUT2D eigenvalue weighted by atomic mass is 127.